The van der Waals surface area contributed by atoms with Crippen LogP contribution in [0.15, 0.2) is 12.4 Å². The summed E-state index contributed by atoms with van der Waals surface area (Å²) in [5.41, 5.74) is 2.05. The first-order valence-electron chi connectivity index (χ1n) is 2.54. The van der Waals surface area contributed by atoms with Gasteiger partial charge in [0.1, 0.15) is 6.33 Å². The second-order valence-electron chi connectivity index (χ2n) is 1.80. The fraction of sp³-hybridized carbons (Fsp3) is 0.333. The van der Waals surface area contributed by atoms with Crippen LogP contribution in [0.5, 0.6) is 0 Å². The van der Waals surface area contributed by atoms with Crippen LogP contribution in [0.3, 0.4) is 0 Å². The SMILES string of the molecule is Cc1cc(C)ncn1.Cl. The van der Waals surface area contributed by atoms with E-state index < -0.39 is 0 Å². The standard InChI is InChI=1S/C6H8N2.ClH/c1-5-3-6(2)8-4-7-5;/h3-4H,1-2H3;1H. The van der Waals surface area contributed by atoms with Gasteiger partial charge in [-0.2, -0.15) is 0 Å². The maximum atomic E-state index is 3.93. The quantitative estimate of drug-likeness (QED) is 0.552. The zero-order valence-corrected chi connectivity index (χ0v) is 6.27. The van der Waals surface area contributed by atoms with E-state index in [2.05, 4.69) is 9.97 Å². The van der Waals surface area contributed by atoms with E-state index in [1.165, 1.54) is 0 Å². The highest BCUT2D eigenvalue weighted by molar-refractivity contribution is 5.85. The second kappa shape index (κ2) is 3.41. The fourth-order valence-electron chi connectivity index (χ4n) is 0.588. The molecule has 1 heterocycles. The third-order valence-electron chi connectivity index (χ3n) is 0.941. The van der Waals surface area contributed by atoms with E-state index in [1.807, 2.05) is 19.9 Å². The van der Waals surface area contributed by atoms with Gasteiger partial charge < -0.3 is 0 Å². The van der Waals surface area contributed by atoms with Crippen LogP contribution < -0.4 is 0 Å². The second-order valence-corrected chi connectivity index (χ2v) is 1.80. The predicted octanol–water partition coefficient (Wildman–Crippen LogP) is 1.52. The van der Waals surface area contributed by atoms with Gasteiger partial charge in [0.2, 0.25) is 0 Å². The minimum atomic E-state index is 0. The Kier molecular flexibility index (Phi) is 3.17. The van der Waals surface area contributed by atoms with Gasteiger partial charge in [0.15, 0.2) is 0 Å². The summed E-state index contributed by atoms with van der Waals surface area (Å²) in [7, 11) is 0. The largest absolute Gasteiger partial charge is 0.242 e. The van der Waals surface area contributed by atoms with Gasteiger partial charge in [0, 0.05) is 11.4 Å². The lowest BCUT2D eigenvalue weighted by atomic mass is 10.4. The molecule has 3 heteroatoms. The van der Waals surface area contributed by atoms with Crippen molar-refractivity contribution in [1.82, 2.24) is 9.97 Å². The Labute approximate surface area is 60.8 Å². The maximum Gasteiger partial charge on any atom is 0.115 e. The molecule has 0 saturated carbocycles. The molecule has 0 N–H and O–H groups in total. The zero-order valence-electron chi connectivity index (χ0n) is 5.46. The molecule has 0 saturated heterocycles. The summed E-state index contributed by atoms with van der Waals surface area (Å²) in [5.74, 6) is 0. The average molecular weight is 145 g/mol. The zero-order chi connectivity index (χ0) is 5.98. The summed E-state index contributed by atoms with van der Waals surface area (Å²) in [6.45, 7) is 3.91. The maximum absolute atomic E-state index is 3.93. The molecule has 0 amide bonds. The molecular weight excluding hydrogens is 136 g/mol. The van der Waals surface area contributed by atoms with Gasteiger partial charge in [-0.15, -0.1) is 12.4 Å². The van der Waals surface area contributed by atoms with Gasteiger partial charge in [-0.25, -0.2) is 9.97 Å². The smallest absolute Gasteiger partial charge is 0.115 e. The number of nitrogens with zero attached hydrogens (tertiary/aromatic N) is 2. The summed E-state index contributed by atoms with van der Waals surface area (Å²) in [5, 5.41) is 0. The molecular formula is C6H9ClN2. The molecule has 1 rings (SSSR count). The first kappa shape index (κ1) is 8.37. The minimum Gasteiger partial charge on any atom is -0.242 e. The number of rotatable bonds is 0. The summed E-state index contributed by atoms with van der Waals surface area (Å²) in [6.07, 6.45) is 1.57. The van der Waals surface area contributed by atoms with Crippen molar-refractivity contribution in [3.8, 4) is 0 Å². The normalized spacial score (nSPS) is 8.22. The Bertz CT molecular complexity index is 171. The Hall–Kier alpha value is -0.630. The molecule has 1 aromatic rings. The van der Waals surface area contributed by atoms with Gasteiger partial charge in [-0.05, 0) is 19.9 Å². The highest BCUT2D eigenvalue weighted by Crippen LogP contribution is 1.91. The highest BCUT2D eigenvalue weighted by Gasteiger charge is 1.83. The van der Waals surface area contributed by atoms with Gasteiger partial charge in [-0.3, -0.25) is 0 Å². The van der Waals surface area contributed by atoms with Crippen LogP contribution in [0.1, 0.15) is 11.4 Å². The number of halogens is 1. The number of hydrogen-bond acceptors (Lipinski definition) is 2. The molecule has 0 aliphatic rings. The molecule has 0 fully saturated rings. The predicted molar refractivity (Wildman–Crippen MR) is 38.8 cm³/mol. The topological polar surface area (TPSA) is 25.8 Å². The first-order valence-corrected chi connectivity index (χ1v) is 2.54. The minimum absolute atomic E-state index is 0. The van der Waals surface area contributed by atoms with E-state index >= 15 is 0 Å². The van der Waals surface area contributed by atoms with Gasteiger partial charge in [0.25, 0.3) is 0 Å². The Balaban J connectivity index is 0.000000640. The Morgan fingerprint density at radius 3 is 1.78 bits per heavy atom. The molecule has 0 bridgehead atoms. The fourth-order valence-corrected chi connectivity index (χ4v) is 0.588. The molecule has 0 atom stereocenters. The van der Waals surface area contributed by atoms with Crippen LogP contribution >= 0.6 is 12.4 Å². The van der Waals surface area contributed by atoms with Crippen molar-refractivity contribution in [3.63, 3.8) is 0 Å². The van der Waals surface area contributed by atoms with Gasteiger partial charge in [0.05, 0.1) is 0 Å². The van der Waals surface area contributed by atoms with Crippen LogP contribution in [0.4, 0.5) is 0 Å². The Morgan fingerprint density at radius 2 is 1.56 bits per heavy atom. The van der Waals surface area contributed by atoms with Crippen molar-refractivity contribution in [1.29, 1.82) is 0 Å². The molecule has 0 aliphatic heterocycles. The average Bonchev–Trinajstić information content (AvgIpc) is 1.64. The lowest BCUT2D eigenvalue weighted by molar-refractivity contribution is 1.05. The monoisotopic (exact) mass is 144 g/mol. The molecule has 0 radical (unpaired) electrons. The first-order chi connectivity index (χ1) is 3.79. The van der Waals surface area contributed by atoms with E-state index in [0.29, 0.717) is 0 Å². The third kappa shape index (κ3) is 2.42. The molecule has 2 nitrogen and oxygen atoms in total. The van der Waals surface area contributed by atoms with E-state index in [0.717, 1.165) is 11.4 Å². The van der Waals surface area contributed by atoms with E-state index in [4.69, 9.17) is 0 Å². The van der Waals surface area contributed by atoms with Crippen molar-refractivity contribution >= 4 is 12.4 Å². The summed E-state index contributed by atoms with van der Waals surface area (Å²) in [6, 6.07) is 1.94. The molecule has 0 aromatic carbocycles. The van der Waals surface area contributed by atoms with Crippen LogP contribution in [-0.4, -0.2) is 9.97 Å². The number of aryl methyl sites for hydroxylation is 2. The molecule has 50 valence electrons. The van der Waals surface area contributed by atoms with E-state index in [-0.39, 0.29) is 12.4 Å². The van der Waals surface area contributed by atoms with Crippen LogP contribution in [0.25, 0.3) is 0 Å². The van der Waals surface area contributed by atoms with E-state index in [9.17, 15) is 0 Å². The lowest BCUT2D eigenvalue weighted by Crippen LogP contribution is -1.84. The van der Waals surface area contributed by atoms with Crippen LogP contribution in [0.2, 0.25) is 0 Å². The number of aromatic nitrogens is 2. The summed E-state index contributed by atoms with van der Waals surface area (Å²) >= 11 is 0. The highest BCUT2D eigenvalue weighted by atomic mass is 35.5. The van der Waals surface area contributed by atoms with Crippen LogP contribution in [-0.2, 0) is 0 Å². The number of hydrogen-bond donors (Lipinski definition) is 0. The van der Waals surface area contributed by atoms with Crippen molar-refractivity contribution in [2.24, 2.45) is 0 Å². The van der Waals surface area contributed by atoms with Gasteiger partial charge >= 0.3 is 0 Å². The molecule has 9 heavy (non-hydrogen) atoms. The molecule has 1 aromatic heterocycles. The summed E-state index contributed by atoms with van der Waals surface area (Å²) < 4.78 is 0. The van der Waals surface area contributed by atoms with Crippen molar-refractivity contribution in [2.45, 2.75) is 13.8 Å². The Morgan fingerprint density at radius 1 is 1.11 bits per heavy atom. The van der Waals surface area contributed by atoms with E-state index in [1.54, 1.807) is 6.33 Å². The lowest BCUT2D eigenvalue weighted by Gasteiger charge is -1.89. The van der Waals surface area contributed by atoms with Crippen molar-refractivity contribution in [2.75, 3.05) is 0 Å². The third-order valence-corrected chi connectivity index (χ3v) is 0.941. The van der Waals surface area contributed by atoms with Crippen molar-refractivity contribution < 1.29 is 0 Å². The molecule has 0 aliphatic carbocycles. The molecule has 0 spiro atoms. The molecule has 0 unspecified atom stereocenters. The van der Waals surface area contributed by atoms with Crippen molar-refractivity contribution in [3.05, 3.63) is 23.8 Å². The van der Waals surface area contributed by atoms with Crippen LogP contribution in [0, 0.1) is 13.8 Å². The summed E-state index contributed by atoms with van der Waals surface area (Å²) in [4.78, 5) is 7.86. The van der Waals surface area contributed by atoms with Gasteiger partial charge in [-0.1, -0.05) is 0 Å².